The minimum atomic E-state index is -0.244. The lowest BCUT2D eigenvalue weighted by atomic mass is 9.97. The number of hydrogen-bond donors (Lipinski definition) is 3. The second-order valence-corrected chi connectivity index (χ2v) is 9.63. The van der Waals surface area contributed by atoms with Crippen molar-refractivity contribution in [1.29, 1.82) is 0 Å². The number of nitrogens with zero attached hydrogens (tertiary/aromatic N) is 6. The number of hydrogen-bond acceptors (Lipinski definition) is 8. The third-order valence-electron chi connectivity index (χ3n) is 7.11. The fourth-order valence-corrected chi connectivity index (χ4v) is 5.06. The van der Waals surface area contributed by atoms with Crippen molar-refractivity contribution in [2.24, 2.45) is 5.92 Å². The molecule has 2 fully saturated rings. The van der Waals surface area contributed by atoms with Gasteiger partial charge in [0.1, 0.15) is 16.9 Å². The first-order chi connectivity index (χ1) is 16.0. The zero-order valence-corrected chi connectivity index (χ0v) is 19.5. The summed E-state index contributed by atoms with van der Waals surface area (Å²) in [4.78, 5) is 16.6. The van der Waals surface area contributed by atoms with Gasteiger partial charge in [0.05, 0.1) is 18.0 Å². The Labute approximate surface area is 194 Å². The quantitative estimate of drug-likeness (QED) is 0.525. The molecule has 0 unspecified atom stereocenters. The van der Waals surface area contributed by atoms with Crippen molar-refractivity contribution in [2.45, 2.75) is 64.1 Å². The molecule has 0 bridgehead atoms. The van der Waals surface area contributed by atoms with Crippen molar-refractivity contribution in [3.8, 4) is 11.1 Å². The molecule has 1 aliphatic heterocycles. The number of aliphatic hydroxyl groups excluding tert-OH is 1. The highest BCUT2D eigenvalue weighted by Gasteiger charge is 2.25. The lowest BCUT2D eigenvalue weighted by Crippen LogP contribution is -2.31. The molecule has 5 rings (SSSR count). The first kappa shape index (κ1) is 22.0. The molecule has 3 aromatic rings. The number of aryl methyl sites for hydroxylation is 1. The Morgan fingerprint density at radius 2 is 1.94 bits per heavy atom. The van der Waals surface area contributed by atoms with Gasteiger partial charge in [0.25, 0.3) is 0 Å². The summed E-state index contributed by atoms with van der Waals surface area (Å²) in [5, 5.41) is 18.1. The average Bonchev–Trinajstić information content (AvgIpc) is 3.44. The molecular weight excluding hydrogens is 416 g/mol. The fourth-order valence-electron chi connectivity index (χ4n) is 5.06. The zero-order chi connectivity index (χ0) is 22.9. The molecule has 0 radical (unpaired) electrons. The van der Waals surface area contributed by atoms with E-state index in [9.17, 15) is 5.11 Å². The SMILES string of the molecule is CCc1nc2c(N)ncc(-c3cnn(CC4CCN(C)CC4)c3)c2nc1N[C@@H]1CC[C@H](O)C1. The number of fused-ring (bicyclic) bond motifs is 1. The maximum Gasteiger partial charge on any atom is 0.151 e. The van der Waals surface area contributed by atoms with Crippen LogP contribution in [0.3, 0.4) is 0 Å². The first-order valence-corrected chi connectivity index (χ1v) is 12.1. The van der Waals surface area contributed by atoms with Crippen molar-refractivity contribution in [1.82, 2.24) is 29.6 Å². The molecule has 0 spiro atoms. The molecule has 176 valence electrons. The molecule has 2 atom stereocenters. The van der Waals surface area contributed by atoms with Crippen molar-refractivity contribution in [3.63, 3.8) is 0 Å². The highest BCUT2D eigenvalue weighted by atomic mass is 16.3. The van der Waals surface area contributed by atoms with E-state index in [4.69, 9.17) is 15.7 Å². The molecule has 1 saturated carbocycles. The number of aliphatic hydroxyl groups is 1. The zero-order valence-electron chi connectivity index (χ0n) is 19.5. The lowest BCUT2D eigenvalue weighted by molar-refractivity contribution is 0.182. The molecule has 1 aliphatic carbocycles. The lowest BCUT2D eigenvalue weighted by Gasteiger charge is -2.28. The van der Waals surface area contributed by atoms with Crippen molar-refractivity contribution < 1.29 is 5.11 Å². The van der Waals surface area contributed by atoms with E-state index in [0.29, 0.717) is 17.3 Å². The van der Waals surface area contributed by atoms with Crippen LogP contribution < -0.4 is 11.1 Å². The van der Waals surface area contributed by atoms with Crippen molar-refractivity contribution in [2.75, 3.05) is 31.2 Å². The third kappa shape index (κ3) is 4.65. The molecule has 4 N–H and O–H groups in total. The van der Waals surface area contributed by atoms with Gasteiger partial charge in [-0.05, 0) is 64.6 Å². The number of anilines is 2. The van der Waals surface area contributed by atoms with Crippen LogP contribution >= 0.6 is 0 Å². The molecular formula is C24H34N8O. The van der Waals surface area contributed by atoms with E-state index < -0.39 is 0 Å². The second kappa shape index (κ2) is 9.23. The Morgan fingerprint density at radius 3 is 2.67 bits per heavy atom. The summed E-state index contributed by atoms with van der Waals surface area (Å²) < 4.78 is 2.04. The van der Waals surface area contributed by atoms with Gasteiger partial charge in [-0.1, -0.05) is 6.92 Å². The van der Waals surface area contributed by atoms with E-state index in [0.717, 1.165) is 73.5 Å². The molecule has 0 amide bonds. The summed E-state index contributed by atoms with van der Waals surface area (Å²) in [5.41, 5.74) is 10.3. The Balaban J connectivity index is 1.46. The number of piperidine rings is 1. The standard InChI is InChI=1S/C24H34N8O/c1-3-20-24(28-17-4-5-18(33)10-17)30-21-19(12-26-23(25)22(21)29-20)16-11-27-32(14-16)13-15-6-8-31(2)9-7-15/h11-12,14-15,17-18,33H,3-10,13H2,1-2H3,(H2,25,26)(H,28,30)/t17-,18+/m1/s1. The highest BCUT2D eigenvalue weighted by molar-refractivity contribution is 5.96. The first-order valence-electron chi connectivity index (χ1n) is 12.1. The number of rotatable bonds is 6. The maximum atomic E-state index is 9.93. The van der Waals surface area contributed by atoms with Crippen LogP contribution in [0.25, 0.3) is 22.2 Å². The second-order valence-electron chi connectivity index (χ2n) is 9.63. The number of nitrogens with one attached hydrogen (secondary N) is 1. The van der Waals surface area contributed by atoms with E-state index in [-0.39, 0.29) is 12.1 Å². The number of pyridine rings is 1. The molecule has 1 saturated heterocycles. The Morgan fingerprint density at radius 1 is 1.12 bits per heavy atom. The van der Waals surface area contributed by atoms with Crippen LogP contribution in [0.15, 0.2) is 18.6 Å². The molecule has 33 heavy (non-hydrogen) atoms. The van der Waals surface area contributed by atoms with Gasteiger partial charge in [-0.15, -0.1) is 0 Å². The van der Waals surface area contributed by atoms with Gasteiger partial charge >= 0.3 is 0 Å². The van der Waals surface area contributed by atoms with Gasteiger partial charge in [0.2, 0.25) is 0 Å². The molecule has 2 aliphatic rings. The van der Waals surface area contributed by atoms with Gasteiger partial charge in [-0.25, -0.2) is 15.0 Å². The van der Waals surface area contributed by atoms with Crippen LogP contribution in [0, 0.1) is 5.92 Å². The van der Waals surface area contributed by atoms with Crippen LogP contribution in [0.2, 0.25) is 0 Å². The third-order valence-corrected chi connectivity index (χ3v) is 7.11. The largest absolute Gasteiger partial charge is 0.393 e. The summed E-state index contributed by atoms with van der Waals surface area (Å²) in [6, 6.07) is 0.206. The van der Waals surface area contributed by atoms with Crippen molar-refractivity contribution in [3.05, 3.63) is 24.3 Å². The minimum absolute atomic E-state index is 0.206. The van der Waals surface area contributed by atoms with Crippen LogP contribution in [0.1, 0.15) is 44.7 Å². The van der Waals surface area contributed by atoms with E-state index in [2.05, 4.69) is 40.5 Å². The van der Waals surface area contributed by atoms with E-state index in [1.165, 1.54) is 12.8 Å². The minimum Gasteiger partial charge on any atom is -0.393 e. The molecule has 3 aromatic heterocycles. The number of aromatic nitrogens is 5. The van der Waals surface area contributed by atoms with Gasteiger partial charge in [-0.2, -0.15) is 5.10 Å². The summed E-state index contributed by atoms with van der Waals surface area (Å²) in [7, 11) is 2.18. The fraction of sp³-hybridized carbons (Fsp3) is 0.583. The summed E-state index contributed by atoms with van der Waals surface area (Å²) in [5.74, 6) is 1.81. The smallest absolute Gasteiger partial charge is 0.151 e. The Kier molecular flexibility index (Phi) is 6.16. The average molecular weight is 451 g/mol. The van der Waals surface area contributed by atoms with Crippen molar-refractivity contribution >= 4 is 22.7 Å². The highest BCUT2D eigenvalue weighted by Crippen LogP contribution is 2.32. The van der Waals surface area contributed by atoms with Gasteiger partial charge in [0.15, 0.2) is 5.82 Å². The van der Waals surface area contributed by atoms with Gasteiger partial charge in [0, 0.05) is 36.1 Å². The van der Waals surface area contributed by atoms with Crippen LogP contribution in [-0.2, 0) is 13.0 Å². The predicted octanol–water partition coefficient (Wildman–Crippen LogP) is 2.70. The molecule has 4 heterocycles. The van der Waals surface area contributed by atoms with Crippen LogP contribution in [0.4, 0.5) is 11.6 Å². The number of nitrogen functional groups attached to an aromatic ring is 1. The summed E-state index contributed by atoms with van der Waals surface area (Å²) in [6.45, 7) is 5.28. The van der Waals surface area contributed by atoms with E-state index in [1.54, 1.807) is 6.20 Å². The van der Waals surface area contributed by atoms with E-state index >= 15 is 0 Å². The molecule has 0 aromatic carbocycles. The van der Waals surface area contributed by atoms with Gasteiger partial charge in [-0.3, -0.25) is 4.68 Å². The summed E-state index contributed by atoms with van der Waals surface area (Å²) in [6.07, 6.45) is 11.1. The topological polar surface area (TPSA) is 118 Å². The maximum absolute atomic E-state index is 9.93. The summed E-state index contributed by atoms with van der Waals surface area (Å²) >= 11 is 0. The van der Waals surface area contributed by atoms with Gasteiger partial charge < -0.3 is 21.1 Å². The Bertz CT molecular complexity index is 1120. The predicted molar refractivity (Wildman–Crippen MR) is 130 cm³/mol. The molecule has 9 nitrogen and oxygen atoms in total. The van der Waals surface area contributed by atoms with Crippen LogP contribution in [-0.4, -0.2) is 67.0 Å². The van der Waals surface area contributed by atoms with E-state index in [1.807, 2.05) is 10.9 Å². The molecule has 9 heteroatoms. The number of nitrogens with two attached hydrogens (primary N) is 1. The monoisotopic (exact) mass is 450 g/mol. The number of likely N-dealkylation sites (tertiary alicyclic amines) is 1. The van der Waals surface area contributed by atoms with Crippen LogP contribution in [0.5, 0.6) is 0 Å². The normalized spacial score (nSPS) is 22.3. The Hall–Kier alpha value is -2.78.